The maximum Gasteiger partial charge on any atom is 0.297 e. The number of ether oxygens (including phenoxy) is 1. The molecule has 1 heterocycles. The maximum absolute atomic E-state index is 12.9. The lowest BCUT2D eigenvalue weighted by Gasteiger charge is -2.13. The van der Waals surface area contributed by atoms with Gasteiger partial charge in [0.2, 0.25) is 5.90 Å². The van der Waals surface area contributed by atoms with E-state index < -0.39 is 18.1 Å². The Kier molecular flexibility index (Phi) is 5.54. The van der Waals surface area contributed by atoms with Gasteiger partial charge in [0.05, 0.1) is 17.4 Å². The van der Waals surface area contributed by atoms with Crippen molar-refractivity contribution >= 4 is 23.2 Å². The molecule has 0 saturated heterocycles. The van der Waals surface area contributed by atoms with Crippen molar-refractivity contribution in [3.05, 3.63) is 52.8 Å². The van der Waals surface area contributed by atoms with Crippen LogP contribution in [0.25, 0.3) is 0 Å². The largest absolute Gasteiger partial charge is 0.474 e. The fourth-order valence-corrected chi connectivity index (χ4v) is 1.84. The summed E-state index contributed by atoms with van der Waals surface area (Å²) in [5, 5.41) is -0.197. The van der Waals surface area contributed by atoms with Gasteiger partial charge in [-0.1, -0.05) is 11.6 Å². The van der Waals surface area contributed by atoms with E-state index in [1.807, 2.05) is 0 Å². The molecule has 1 aromatic carbocycles. The fourth-order valence-electron chi connectivity index (χ4n) is 1.63. The van der Waals surface area contributed by atoms with Crippen LogP contribution in [-0.2, 0) is 4.74 Å². The summed E-state index contributed by atoms with van der Waals surface area (Å²) < 4.78 is 43.7. The first-order valence-corrected chi connectivity index (χ1v) is 7.06. The summed E-state index contributed by atoms with van der Waals surface area (Å²) in [4.78, 5) is 11.3. The molecule has 0 amide bonds. The van der Waals surface area contributed by atoms with E-state index in [-0.39, 0.29) is 22.7 Å². The molecule has 0 atom stereocenters. The zero-order chi connectivity index (χ0) is 17.0. The van der Waals surface area contributed by atoms with Crippen molar-refractivity contribution in [2.24, 2.45) is 4.99 Å². The molecule has 122 valence electrons. The molecule has 0 radical (unpaired) electrons. The van der Waals surface area contributed by atoms with Crippen molar-refractivity contribution in [2.45, 2.75) is 26.4 Å². The Morgan fingerprint density at radius 3 is 2.39 bits per heavy atom. The van der Waals surface area contributed by atoms with Crippen LogP contribution in [0.1, 0.15) is 31.7 Å². The summed E-state index contributed by atoms with van der Waals surface area (Å²) in [5.74, 6) is -1.01. The SMILES string of the molecule is CC(C)OC(=Nc1ccc(F)cc1)c1cnc(C(F)F)nc1Cl. The summed E-state index contributed by atoms with van der Waals surface area (Å²) in [6, 6.07) is 5.37. The second-order valence-corrected chi connectivity index (χ2v) is 5.15. The van der Waals surface area contributed by atoms with Crippen LogP contribution in [0, 0.1) is 5.82 Å². The molecule has 4 nitrogen and oxygen atoms in total. The first kappa shape index (κ1) is 17.2. The summed E-state index contributed by atoms with van der Waals surface area (Å²) in [6.07, 6.45) is -1.95. The predicted molar refractivity (Wildman–Crippen MR) is 80.8 cm³/mol. The monoisotopic (exact) mass is 343 g/mol. The molecule has 0 spiro atoms. The molecule has 0 bridgehead atoms. The van der Waals surface area contributed by atoms with Crippen LogP contribution < -0.4 is 0 Å². The Labute approximate surface area is 136 Å². The number of aromatic nitrogens is 2. The van der Waals surface area contributed by atoms with Gasteiger partial charge in [-0.2, -0.15) is 0 Å². The van der Waals surface area contributed by atoms with Crippen molar-refractivity contribution in [2.75, 3.05) is 0 Å². The van der Waals surface area contributed by atoms with Gasteiger partial charge in [0.1, 0.15) is 11.0 Å². The first-order chi connectivity index (χ1) is 10.9. The number of hydrogen-bond donors (Lipinski definition) is 0. The molecule has 0 aliphatic heterocycles. The Bertz CT molecular complexity index is 706. The zero-order valence-electron chi connectivity index (χ0n) is 12.3. The third-order valence-electron chi connectivity index (χ3n) is 2.59. The van der Waals surface area contributed by atoms with Crippen LogP contribution in [0.4, 0.5) is 18.9 Å². The van der Waals surface area contributed by atoms with Gasteiger partial charge < -0.3 is 4.74 Å². The number of aliphatic imine (C=N–C) groups is 1. The number of nitrogens with zero attached hydrogens (tertiary/aromatic N) is 3. The van der Waals surface area contributed by atoms with E-state index >= 15 is 0 Å². The Balaban J connectivity index is 2.44. The van der Waals surface area contributed by atoms with E-state index in [4.69, 9.17) is 16.3 Å². The number of halogens is 4. The molecule has 23 heavy (non-hydrogen) atoms. The Morgan fingerprint density at radius 1 is 1.22 bits per heavy atom. The number of rotatable bonds is 4. The lowest BCUT2D eigenvalue weighted by molar-refractivity contribution is 0.140. The van der Waals surface area contributed by atoms with Crippen LogP contribution in [0.15, 0.2) is 35.5 Å². The van der Waals surface area contributed by atoms with Crippen LogP contribution in [0.2, 0.25) is 5.15 Å². The minimum atomic E-state index is -2.83. The third kappa shape index (κ3) is 4.66. The molecule has 0 N–H and O–H groups in total. The number of alkyl halides is 2. The normalized spacial score (nSPS) is 12.1. The molecule has 2 rings (SSSR count). The highest BCUT2D eigenvalue weighted by atomic mass is 35.5. The zero-order valence-corrected chi connectivity index (χ0v) is 13.1. The fraction of sp³-hybridized carbons (Fsp3) is 0.267. The van der Waals surface area contributed by atoms with Gasteiger partial charge in [0, 0.05) is 6.20 Å². The van der Waals surface area contributed by atoms with Crippen molar-refractivity contribution in [3.8, 4) is 0 Å². The van der Waals surface area contributed by atoms with E-state index in [9.17, 15) is 13.2 Å². The smallest absolute Gasteiger partial charge is 0.297 e. The van der Waals surface area contributed by atoms with Crippen molar-refractivity contribution in [1.29, 1.82) is 0 Å². The van der Waals surface area contributed by atoms with E-state index in [1.165, 1.54) is 24.3 Å². The molecule has 0 saturated carbocycles. The predicted octanol–water partition coefficient (Wildman–Crippen LogP) is 4.71. The number of benzene rings is 1. The van der Waals surface area contributed by atoms with Crippen molar-refractivity contribution < 1.29 is 17.9 Å². The van der Waals surface area contributed by atoms with Crippen molar-refractivity contribution in [1.82, 2.24) is 9.97 Å². The van der Waals surface area contributed by atoms with Crippen LogP contribution in [0.3, 0.4) is 0 Å². The van der Waals surface area contributed by atoms with Crippen LogP contribution in [-0.4, -0.2) is 22.0 Å². The molecular formula is C15H13ClF3N3O. The Morgan fingerprint density at radius 2 is 1.87 bits per heavy atom. The van der Waals surface area contributed by atoms with Gasteiger partial charge >= 0.3 is 0 Å². The average molecular weight is 344 g/mol. The van der Waals surface area contributed by atoms with E-state index in [1.54, 1.807) is 13.8 Å². The standard InChI is InChI=1S/C15H13ClF3N3O/c1-8(2)23-15(21-10-5-3-9(17)4-6-10)11-7-20-14(13(18)19)22-12(11)16/h3-8,13H,1-2H3. The van der Waals surface area contributed by atoms with Gasteiger partial charge in [-0.25, -0.2) is 28.1 Å². The summed E-state index contributed by atoms with van der Waals surface area (Å²) in [6.45, 7) is 3.53. The van der Waals surface area contributed by atoms with E-state index in [0.717, 1.165) is 6.20 Å². The quantitative estimate of drug-likeness (QED) is 0.459. The summed E-state index contributed by atoms with van der Waals surface area (Å²) in [5.41, 5.74) is 0.588. The lowest BCUT2D eigenvalue weighted by Crippen LogP contribution is -2.15. The molecular weight excluding hydrogens is 331 g/mol. The highest BCUT2D eigenvalue weighted by Crippen LogP contribution is 2.22. The van der Waals surface area contributed by atoms with Gasteiger partial charge in [0.15, 0.2) is 5.82 Å². The molecule has 0 aliphatic carbocycles. The average Bonchev–Trinajstić information content (AvgIpc) is 2.48. The number of hydrogen-bond acceptors (Lipinski definition) is 4. The molecule has 8 heteroatoms. The highest BCUT2D eigenvalue weighted by Gasteiger charge is 2.18. The molecule has 1 aromatic heterocycles. The van der Waals surface area contributed by atoms with Gasteiger partial charge in [0.25, 0.3) is 6.43 Å². The molecule has 0 unspecified atom stereocenters. The van der Waals surface area contributed by atoms with Gasteiger partial charge in [-0.05, 0) is 38.1 Å². The topological polar surface area (TPSA) is 47.4 Å². The minimum Gasteiger partial charge on any atom is -0.474 e. The summed E-state index contributed by atoms with van der Waals surface area (Å²) >= 11 is 5.94. The van der Waals surface area contributed by atoms with Crippen LogP contribution >= 0.6 is 11.6 Å². The second-order valence-electron chi connectivity index (χ2n) is 4.79. The first-order valence-electron chi connectivity index (χ1n) is 6.68. The van der Waals surface area contributed by atoms with Gasteiger partial charge in [-0.15, -0.1) is 0 Å². The highest BCUT2D eigenvalue weighted by molar-refractivity contribution is 6.32. The third-order valence-corrected chi connectivity index (χ3v) is 2.88. The van der Waals surface area contributed by atoms with Crippen LogP contribution in [0.5, 0.6) is 0 Å². The molecule has 2 aromatic rings. The minimum absolute atomic E-state index is 0.0671. The second kappa shape index (κ2) is 7.41. The maximum atomic E-state index is 12.9. The Hall–Kier alpha value is -2.15. The van der Waals surface area contributed by atoms with Gasteiger partial charge in [-0.3, -0.25) is 0 Å². The lowest BCUT2D eigenvalue weighted by atomic mass is 10.3. The van der Waals surface area contributed by atoms with E-state index in [2.05, 4.69) is 15.0 Å². The molecule has 0 fully saturated rings. The van der Waals surface area contributed by atoms with Crippen molar-refractivity contribution in [3.63, 3.8) is 0 Å². The molecule has 0 aliphatic rings. The summed E-state index contributed by atoms with van der Waals surface area (Å²) in [7, 11) is 0. The van der Waals surface area contributed by atoms with E-state index in [0.29, 0.717) is 5.69 Å².